The lowest BCUT2D eigenvalue weighted by molar-refractivity contribution is -0.274. The average molecular weight is 299 g/mol. The monoisotopic (exact) mass is 299 g/mol. The molecule has 2 rings (SSSR count). The van der Waals surface area contributed by atoms with Crippen LogP contribution in [-0.4, -0.2) is 6.36 Å². The number of aryl methyl sites for hydroxylation is 1. The molecule has 0 saturated carbocycles. The first-order chi connectivity index (χ1) is 9.76. The molecule has 112 valence electrons. The van der Waals surface area contributed by atoms with Crippen molar-refractivity contribution in [2.45, 2.75) is 19.3 Å². The predicted octanol–water partition coefficient (Wildman–Crippen LogP) is 4.08. The normalized spacial score (nSPS) is 13.0. The molecule has 6 heteroatoms. The minimum absolute atomic E-state index is 0.311. The van der Waals surface area contributed by atoms with Crippen molar-refractivity contribution >= 4 is 0 Å². The van der Waals surface area contributed by atoms with Crippen molar-refractivity contribution < 1.29 is 22.3 Å². The fraction of sp³-hybridized carbons (Fsp3) is 0.200. The van der Waals surface area contributed by atoms with Gasteiger partial charge < -0.3 is 10.5 Å². The van der Waals surface area contributed by atoms with Gasteiger partial charge in [-0.3, -0.25) is 0 Å². The van der Waals surface area contributed by atoms with Crippen molar-refractivity contribution in [1.29, 1.82) is 0 Å². The second-order valence-electron chi connectivity index (χ2n) is 4.60. The van der Waals surface area contributed by atoms with Crippen LogP contribution in [0.25, 0.3) is 0 Å². The Labute approximate surface area is 119 Å². The van der Waals surface area contributed by atoms with E-state index in [1.54, 1.807) is 13.0 Å². The molecular formula is C15H13F4NO. The highest BCUT2D eigenvalue weighted by molar-refractivity contribution is 5.38. The first kappa shape index (κ1) is 15.3. The number of hydrogen-bond donors (Lipinski definition) is 1. The summed E-state index contributed by atoms with van der Waals surface area (Å²) in [6.45, 7) is 1.72. The van der Waals surface area contributed by atoms with Crippen molar-refractivity contribution in [3.05, 3.63) is 65.0 Å². The molecule has 0 spiro atoms. The van der Waals surface area contributed by atoms with Crippen LogP contribution in [0, 0.1) is 12.7 Å². The predicted molar refractivity (Wildman–Crippen MR) is 70.3 cm³/mol. The van der Waals surface area contributed by atoms with Gasteiger partial charge in [0.2, 0.25) is 0 Å². The lowest BCUT2D eigenvalue weighted by atomic mass is 9.96. The number of alkyl halides is 3. The molecule has 0 radical (unpaired) electrons. The zero-order valence-corrected chi connectivity index (χ0v) is 11.1. The summed E-state index contributed by atoms with van der Waals surface area (Å²) in [4.78, 5) is 0. The van der Waals surface area contributed by atoms with Crippen molar-refractivity contribution in [1.82, 2.24) is 0 Å². The molecule has 0 aliphatic heterocycles. The lowest BCUT2D eigenvalue weighted by Crippen LogP contribution is -2.17. The van der Waals surface area contributed by atoms with Crippen LogP contribution in [0.3, 0.4) is 0 Å². The van der Waals surface area contributed by atoms with Gasteiger partial charge in [0.1, 0.15) is 11.6 Å². The lowest BCUT2D eigenvalue weighted by Gasteiger charge is -2.16. The van der Waals surface area contributed by atoms with Gasteiger partial charge in [0.05, 0.1) is 6.04 Å². The Bertz CT molecular complexity index is 623. The van der Waals surface area contributed by atoms with Gasteiger partial charge in [-0.15, -0.1) is 13.2 Å². The van der Waals surface area contributed by atoms with Crippen LogP contribution in [0.15, 0.2) is 42.5 Å². The summed E-state index contributed by atoms with van der Waals surface area (Å²) in [6, 6.07) is 8.96. The van der Waals surface area contributed by atoms with Crippen LogP contribution >= 0.6 is 0 Å². The van der Waals surface area contributed by atoms with E-state index in [-0.39, 0.29) is 11.6 Å². The van der Waals surface area contributed by atoms with Gasteiger partial charge >= 0.3 is 6.36 Å². The van der Waals surface area contributed by atoms with Crippen molar-refractivity contribution in [2.75, 3.05) is 0 Å². The van der Waals surface area contributed by atoms with E-state index in [9.17, 15) is 17.6 Å². The molecule has 1 atom stereocenters. The maximum Gasteiger partial charge on any atom is 0.573 e. The molecule has 2 N–H and O–H groups in total. The summed E-state index contributed by atoms with van der Waals surface area (Å²) in [5.74, 6) is -0.674. The van der Waals surface area contributed by atoms with Crippen molar-refractivity contribution in [3.8, 4) is 5.75 Å². The van der Waals surface area contributed by atoms with Crippen LogP contribution in [0.2, 0.25) is 0 Å². The summed E-state index contributed by atoms with van der Waals surface area (Å²) in [6.07, 6.45) is -4.73. The molecule has 0 aliphatic carbocycles. The van der Waals surface area contributed by atoms with Gasteiger partial charge in [-0.2, -0.15) is 0 Å². The highest BCUT2D eigenvalue weighted by atomic mass is 19.4. The molecule has 0 saturated heterocycles. The number of halogens is 4. The summed E-state index contributed by atoms with van der Waals surface area (Å²) < 4.78 is 53.1. The maximum atomic E-state index is 13.1. The molecule has 0 amide bonds. The van der Waals surface area contributed by atoms with E-state index < -0.39 is 12.4 Å². The third-order valence-electron chi connectivity index (χ3n) is 3.04. The van der Waals surface area contributed by atoms with Gasteiger partial charge in [0.15, 0.2) is 0 Å². The van der Waals surface area contributed by atoms with E-state index in [4.69, 9.17) is 5.73 Å². The Kier molecular flexibility index (Phi) is 4.18. The summed E-state index contributed by atoms with van der Waals surface area (Å²) in [5, 5.41) is 0. The van der Waals surface area contributed by atoms with E-state index in [1.165, 1.54) is 36.4 Å². The first-order valence-corrected chi connectivity index (χ1v) is 6.13. The van der Waals surface area contributed by atoms with E-state index in [1.807, 2.05) is 0 Å². The standard InChI is InChI=1S/C15H13F4NO/c1-9-8-11(16)4-7-13(9)14(20)10-2-5-12(6-3-10)21-15(17,18)19/h2-8,14H,20H2,1H3/t14-/m1/s1. The van der Waals surface area contributed by atoms with Gasteiger partial charge in [0.25, 0.3) is 0 Å². The molecular weight excluding hydrogens is 286 g/mol. The van der Waals surface area contributed by atoms with E-state index in [2.05, 4.69) is 4.74 Å². The van der Waals surface area contributed by atoms with Crippen molar-refractivity contribution in [2.24, 2.45) is 5.73 Å². The highest BCUT2D eigenvalue weighted by Gasteiger charge is 2.31. The molecule has 2 nitrogen and oxygen atoms in total. The third-order valence-corrected chi connectivity index (χ3v) is 3.04. The summed E-state index contributed by atoms with van der Waals surface area (Å²) in [5.41, 5.74) is 8.06. The zero-order chi connectivity index (χ0) is 15.6. The Morgan fingerprint density at radius 2 is 1.67 bits per heavy atom. The molecule has 21 heavy (non-hydrogen) atoms. The molecule has 0 fully saturated rings. The summed E-state index contributed by atoms with van der Waals surface area (Å²) >= 11 is 0. The third kappa shape index (κ3) is 3.95. The fourth-order valence-corrected chi connectivity index (χ4v) is 2.04. The number of benzene rings is 2. The minimum atomic E-state index is -4.73. The first-order valence-electron chi connectivity index (χ1n) is 6.13. The maximum absolute atomic E-state index is 13.1. The van der Waals surface area contributed by atoms with Gasteiger partial charge in [-0.05, 0) is 47.9 Å². The Hall–Kier alpha value is -2.08. The second-order valence-corrected chi connectivity index (χ2v) is 4.60. The largest absolute Gasteiger partial charge is 0.573 e. The number of ether oxygens (including phenoxy) is 1. The topological polar surface area (TPSA) is 35.2 Å². The van der Waals surface area contributed by atoms with Crippen molar-refractivity contribution in [3.63, 3.8) is 0 Å². The zero-order valence-electron chi connectivity index (χ0n) is 11.1. The quantitative estimate of drug-likeness (QED) is 0.867. The van der Waals surface area contributed by atoms with Crippen LogP contribution < -0.4 is 10.5 Å². The Morgan fingerprint density at radius 3 is 2.19 bits per heavy atom. The Balaban J connectivity index is 2.22. The van der Waals surface area contributed by atoms with Crippen LogP contribution in [0.1, 0.15) is 22.7 Å². The second kappa shape index (κ2) is 5.73. The van der Waals surface area contributed by atoms with Crippen LogP contribution in [-0.2, 0) is 0 Å². The number of hydrogen-bond acceptors (Lipinski definition) is 2. The average Bonchev–Trinajstić information content (AvgIpc) is 2.37. The van der Waals surface area contributed by atoms with Gasteiger partial charge in [-0.1, -0.05) is 18.2 Å². The smallest absolute Gasteiger partial charge is 0.406 e. The molecule has 0 aliphatic rings. The molecule has 0 unspecified atom stereocenters. The van der Waals surface area contributed by atoms with E-state index >= 15 is 0 Å². The van der Waals surface area contributed by atoms with Crippen LogP contribution in [0.5, 0.6) is 5.75 Å². The van der Waals surface area contributed by atoms with E-state index in [0.29, 0.717) is 16.7 Å². The molecule has 2 aromatic carbocycles. The molecule has 0 bridgehead atoms. The fourth-order valence-electron chi connectivity index (χ4n) is 2.04. The SMILES string of the molecule is Cc1cc(F)ccc1[C@H](N)c1ccc(OC(F)(F)F)cc1. The van der Waals surface area contributed by atoms with Crippen LogP contribution in [0.4, 0.5) is 17.6 Å². The highest BCUT2D eigenvalue weighted by Crippen LogP contribution is 2.27. The van der Waals surface area contributed by atoms with Gasteiger partial charge in [-0.25, -0.2) is 4.39 Å². The number of nitrogens with two attached hydrogens (primary N) is 1. The van der Waals surface area contributed by atoms with E-state index in [0.717, 1.165) is 0 Å². The molecule has 0 heterocycles. The minimum Gasteiger partial charge on any atom is -0.406 e. The molecule has 2 aromatic rings. The Morgan fingerprint density at radius 1 is 1.05 bits per heavy atom. The van der Waals surface area contributed by atoms with Gasteiger partial charge in [0, 0.05) is 0 Å². The summed E-state index contributed by atoms with van der Waals surface area (Å²) in [7, 11) is 0. The molecule has 0 aromatic heterocycles. The number of rotatable bonds is 3.